The second kappa shape index (κ2) is 5.07. The lowest BCUT2D eigenvalue weighted by atomic mass is 10.2. The third-order valence-corrected chi connectivity index (χ3v) is 3.65. The van der Waals surface area contributed by atoms with Crippen molar-refractivity contribution in [2.75, 3.05) is 0 Å². The van der Waals surface area contributed by atoms with Crippen LogP contribution in [0.2, 0.25) is 0 Å². The second-order valence-electron chi connectivity index (χ2n) is 4.27. The summed E-state index contributed by atoms with van der Waals surface area (Å²) in [6.07, 6.45) is -4.74. The first-order chi connectivity index (χ1) is 9.94. The summed E-state index contributed by atoms with van der Waals surface area (Å²) in [6, 6.07) is 11.7. The van der Waals surface area contributed by atoms with E-state index in [4.69, 9.17) is 0 Å². The predicted molar refractivity (Wildman–Crippen MR) is 75.9 cm³/mol. The van der Waals surface area contributed by atoms with Gasteiger partial charge in [-0.15, -0.1) is 13.2 Å². The van der Waals surface area contributed by atoms with E-state index in [-0.39, 0.29) is 10.2 Å². The van der Waals surface area contributed by atoms with Gasteiger partial charge in [0.25, 0.3) is 0 Å². The number of benzene rings is 2. The van der Waals surface area contributed by atoms with E-state index in [1.54, 1.807) is 6.07 Å². The van der Waals surface area contributed by atoms with Crippen molar-refractivity contribution < 1.29 is 17.9 Å². The van der Waals surface area contributed by atoms with Crippen LogP contribution >= 0.6 is 15.9 Å². The number of aromatic nitrogens is 2. The van der Waals surface area contributed by atoms with Crippen molar-refractivity contribution in [2.45, 2.75) is 6.36 Å². The Hall–Kier alpha value is -2.02. The highest BCUT2D eigenvalue weighted by atomic mass is 79.9. The van der Waals surface area contributed by atoms with Crippen LogP contribution < -0.4 is 4.74 Å². The monoisotopic (exact) mass is 356 g/mol. The molecule has 2 aromatic carbocycles. The quantitative estimate of drug-likeness (QED) is 0.709. The fourth-order valence-electron chi connectivity index (χ4n) is 1.98. The van der Waals surface area contributed by atoms with E-state index < -0.39 is 6.36 Å². The zero-order valence-corrected chi connectivity index (χ0v) is 12.0. The minimum atomic E-state index is -4.74. The summed E-state index contributed by atoms with van der Waals surface area (Å²) in [5, 5.41) is 0. The van der Waals surface area contributed by atoms with Crippen LogP contribution in [0.4, 0.5) is 13.2 Å². The molecule has 108 valence electrons. The molecule has 0 bridgehead atoms. The van der Waals surface area contributed by atoms with Crippen molar-refractivity contribution >= 4 is 27.0 Å². The third kappa shape index (κ3) is 2.87. The number of rotatable bonds is 2. The first-order valence-corrected chi connectivity index (χ1v) is 6.73. The predicted octanol–water partition coefficient (Wildman–Crippen LogP) is 4.89. The molecule has 0 amide bonds. The molecule has 1 aromatic heterocycles. The maximum Gasteiger partial charge on any atom is 0.573 e. The van der Waals surface area contributed by atoms with Gasteiger partial charge in [-0.2, -0.15) is 0 Å². The molecular weight excluding hydrogens is 349 g/mol. The Labute approximate surface area is 125 Å². The number of ether oxygens (including phenoxy) is 1. The average molecular weight is 357 g/mol. The highest BCUT2D eigenvalue weighted by molar-refractivity contribution is 9.10. The number of imidazole rings is 1. The van der Waals surface area contributed by atoms with Crippen molar-refractivity contribution in [3.05, 3.63) is 46.9 Å². The van der Waals surface area contributed by atoms with Gasteiger partial charge in [-0.3, -0.25) is 0 Å². The van der Waals surface area contributed by atoms with Gasteiger partial charge in [-0.05, 0) is 40.2 Å². The Morgan fingerprint density at radius 2 is 1.81 bits per heavy atom. The first-order valence-electron chi connectivity index (χ1n) is 5.93. The van der Waals surface area contributed by atoms with E-state index in [9.17, 15) is 13.2 Å². The number of alkyl halides is 3. The average Bonchev–Trinajstić information content (AvgIpc) is 2.83. The fourth-order valence-corrected chi connectivity index (χ4v) is 2.51. The maximum absolute atomic E-state index is 12.4. The van der Waals surface area contributed by atoms with Crippen molar-refractivity contribution in [3.8, 4) is 17.1 Å². The van der Waals surface area contributed by atoms with Crippen molar-refractivity contribution in [2.24, 2.45) is 0 Å². The molecule has 1 N–H and O–H groups in total. The van der Waals surface area contributed by atoms with E-state index in [2.05, 4.69) is 30.6 Å². The van der Waals surface area contributed by atoms with Gasteiger partial charge in [0.1, 0.15) is 11.6 Å². The number of H-pyrrole nitrogens is 1. The molecule has 3 nitrogen and oxygen atoms in total. The van der Waals surface area contributed by atoms with E-state index in [0.29, 0.717) is 11.4 Å². The number of halogens is 4. The van der Waals surface area contributed by atoms with Crippen molar-refractivity contribution in [1.82, 2.24) is 9.97 Å². The standard InChI is InChI=1S/C14H8BrF3N2O/c15-12-8(4-3-7-11(12)21-14(16,17)18)13-19-9-5-1-2-6-10(9)20-13/h1-7H,(H,19,20). The lowest BCUT2D eigenvalue weighted by Gasteiger charge is -2.12. The van der Waals surface area contributed by atoms with Crippen LogP contribution in [-0.2, 0) is 0 Å². The summed E-state index contributed by atoms with van der Waals surface area (Å²) < 4.78 is 41.2. The molecule has 0 fully saturated rings. The lowest BCUT2D eigenvalue weighted by molar-refractivity contribution is -0.274. The topological polar surface area (TPSA) is 37.9 Å². The Morgan fingerprint density at radius 1 is 1.05 bits per heavy atom. The van der Waals surface area contributed by atoms with Gasteiger partial charge in [-0.25, -0.2) is 4.98 Å². The molecular formula is C14H8BrF3N2O. The molecule has 3 aromatic rings. The molecule has 0 aliphatic heterocycles. The molecule has 0 aliphatic carbocycles. The third-order valence-electron chi connectivity index (χ3n) is 2.83. The summed E-state index contributed by atoms with van der Waals surface area (Å²) in [7, 11) is 0. The lowest BCUT2D eigenvalue weighted by Crippen LogP contribution is -2.17. The smallest absolute Gasteiger partial charge is 0.405 e. The molecule has 0 unspecified atom stereocenters. The summed E-state index contributed by atoms with van der Waals surface area (Å²) in [5.74, 6) is 0.163. The Morgan fingerprint density at radius 3 is 2.52 bits per heavy atom. The van der Waals surface area contributed by atoms with E-state index in [1.807, 2.05) is 24.3 Å². The zero-order valence-electron chi connectivity index (χ0n) is 10.4. The van der Waals surface area contributed by atoms with Crippen LogP contribution in [0.5, 0.6) is 5.75 Å². The van der Waals surface area contributed by atoms with Crippen molar-refractivity contribution in [3.63, 3.8) is 0 Å². The van der Waals surface area contributed by atoms with Gasteiger partial charge in [0.05, 0.1) is 15.5 Å². The first kappa shape index (κ1) is 13.9. The van der Waals surface area contributed by atoms with Crippen LogP contribution in [0.25, 0.3) is 22.4 Å². The molecule has 0 atom stereocenters. The Bertz CT molecular complexity index is 765. The van der Waals surface area contributed by atoms with Gasteiger partial charge >= 0.3 is 6.36 Å². The number of hydrogen-bond donors (Lipinski definition) is 1. The number of nitrogens with one attached hydrogen (secondary N) is 1. The highest BCUT2D eigenvalue weighted by Gasteiger charge is 2.32. The van der Waals surface area contributed by atoms with Crippen LogP contribution in [-0.4, -0.2) is 16.3 Å². The number of hydrogen-bond acceptors (Lipinski definition) is 2. The largest absolute Gasteiger partial charge is 0.573 e. The molecule has 0 aliphatic rings. The normalized spacial score (nSPS) is 11.8. The summed E-state index contributed by atoms with van der Waals surface area (Å²) in [5.41, 5.74) is 2.04. The highest BCUT2D eigenvalue weighted by Crippen LogP contribution is 2.37. The minimum absolute atomic E-state index is 0.196. The summed E-state index contributed by atoms with van der Waals surface area (Å²) in [6.45, 7) is 0. The number of nitrogens with zero attached hydrogens (tertiary/aromatic N) is 1. The van der Waals surface area contributed by atoms with Gasteiger partial charge in [0.2, 0.25) is 0 Å². The SMILES string of the molecule is FC(F)(F)Oc1cccc(-c2nc3ccccc3[nH]2)c1Br. The molecule has 0 radical (unpaired) electrons. The number of fused-ring (bicyclic) bond motifs is 1. The molecule has 0 saturated heterocycles. The maximum atomic E-state index is 12.4. The molecule has 7 heteroatoms. The van der Waals surface area contributed by atoms with E-state index in [1.165, 1.54) is 12.1 Å². The molecule has 0 saturated carbocycles. The molecule has 0 spiro atoms. The zero-order chi connectivity index (χ0) is 15.0. The van der Waals surface area contributed by atoms with Crippen LogP contribution in [0.15, 0.2) is 46.9 Å². The van der Waals surface area contributed by atoms with Crippen LogP contribution in [0, 0.1) is 0 Å². The van der Waals surface area contributed by atoms with Gasteiger partial charge in [-0.1, -0.05) is 18.2 Å². The Kier molecular flexibility index (Phi) is 3.36. The number of aromatic amines is 1. The van der Waals surface area contributed by atoms with Gasteiger partial charge in [0.15, 0.2) is 0 Å². The fraction of sp³-hybridized carbons (Fsp3) is 0.0714. The molecule has 3 rings (SSSR count). The summed E-state index contributed by atoms with van der Waals surface area (Å²) >= 11 is 3.14. The van der Waals surface area contributed by atoms with Crippen molar-refractivity contribution in [1.29, 1.82) is 0 Å². The van der Waals surface area contributed by atoms with E-state index in [0.717, 1.165) is 11.0 Å². The molecule has 21 heavy (non-hydrogen) atoms. The van der Waals surface area contributed by atoms with Gasteiger partial charge in [0, 0.05) is 5.56 Å². The van der Waals surface area contributed by atoms with Crippen LogP contribution in [0.1, 0.15) is 0 Å². The summed E-state index contributed by atoms with van der Waals surface area (Å²) in [4.78, 5) is 7.42. The van der Waals surface area contributed by atoms with Gasteiger partial charge < -0.3 is 9.72 Å². The minimum Gasteiger partial charge on any atom is -0.405 e. The number of para-hydroxylation sites is 2. The Balaban J connectivity index is 2.08. The molecule has 1 heterocycles. The van der Waals surface area contributed by atoms with E-state index >= 15 is 0 Å². The van der Waals surface area contributed by atoms with Crippen LogP contribution in [0.3, 0.4) is 0 Å². The second-order valence-corrected chi connectivity index (χ2v) is 5.06.